The minimum absolute atomic E-state index is 0.223. The van der Waals surface area contributed by atoms with E-state index < -0.39 is 0 Å². The quantitative estimate of drug-likeness (QED) is 0.830. The third-order valence-electron chi connectivity index (χ3n) is 2.59. The average Bonchev–Trinajstić information content (AvgIpc) is 2.48. The molecule has 0 aliphatic heterocycles. The molecule has 0 aliphatic rings. The summed E-state index contributed by atoms with van der Waals surface area (Å²) in [6.07, 6.45) is 6.07. The molecule has 2 amide bonds. The minimum atomic E-state index is -0.223. The fraction of sp³-hybridized carbons (Fsp3) is 0.214. The fourth-order valence-electron chi connectivity index (χ4n) is 1.62. The highest BCUT2D eigenvalue weighted by Gasteiger charge is 2.02. The third-order valence-corrected chi connectivity index (χ3v) is 3.24. The number of urea groups is 1. The molecule has 0 saturated heterocycles. The van der Waals surface area contributed by atoms with Crippen LogP contribution in [0.4, 0.5) is 10.5 Å². The normalized spacial score (nSPS) is 10.1. The summed E-state index contributed by atoms with van der Waals surface area (Å²) in [6, 6.07) is 9.12. The van der Waals surface area contributed by atoms with Gasteiger partial charge < -0.3 is 10.6 Å². The zero-order chi connectivity index (χ0) is 14.2. The third kappa shape index (κ3) is 4.55. The number of rotatable bonds is 5. The van der Waals surface area contributed by atoms with Gasteiger partial charge in [-0.2, -0.15) is 0 Å². The summed E-state index contributed by atoms with van der Waals surface area (Å²) in [7, 11) is 0. The molecule has 2 aromatic rings. The lowest BCUT2D eigenvalue weighted by Gasteiger charge is -2.08. The molecule has 20 heavy (non-hydrogen) atoms. The van der Waals surface area contributed by atoms with E-state index in [1.807, 2.05) is 30.5 Å². The van der Waals surface area contributed by atoms with Gasteiger partial charge in [-0.1, -0.05) is 6.07 Å². The van der Waals surface area contributed by atoms with E-state index in [1.54, 1.807) is 18.5 Å². The van der Waals surface area contributed by atoms with Crippen LogP contribution in [0.1, 0.15) is 5.69 Å². The number of nitrogens with zero attached hydrogens (tertiary/aromatic N) is 2. The van der Waals surface area contributed by atoms with Crippen molar-refractivity contribution in [2.45, 2.75) is 11.4 Å². The van der Waals surface area contributed by atoms with Gasteiger partial charge in [0.05, 0.1) is 5.03 Å². The number of amides is 2. The number of thioether (sulfide) groups is 1. The van der Waals surface area contributed by atoms with Gasteiger partial charge in [0.1, 0.15) is 0 Å². The molecule has 0 atom stereocenters. The van der Waals surface area contributed by atoms with Gasteiger partial charge in [0.25, 0.3) is 0 Å². The molecule has 0 radical (unpaired) electrons. The first kappa shape index (κ1) is 14.3. The number of hydrogen-bond donors (Lipinski definition) is 2. The monoisotopic (exact) mass is 288 g/mol. The second-order valence-electron chi connectivity index (χ2n) is 4.04. The van der Waals surface area contributed by atoms with Crippen molar-refractivity contribution in [3.63, 3.8) is 0 Å². The zero-order valence-corrected chi connectivity index (χ0v) is 12.0. The Bertz CT molecular complexity index is 562. The molecule has 2 rings (SSSR count). The largest absolute Gasteiger partial charge is 0.337 e. The van der Waals surface area contributed by atoms with E-state index in [-0.39, 0.29) is 6.03 Å². The smallest absolute Gasteiger partial charge is 0.319 e. The summed E-state index contributed by atoms with van der Waals surface area (Å²) in [4.78, 5) is 20.1. The Morgan fingerprint density at radius 3 is 2.90 bits per heavy atom. The number of aromatic nitrogens is 2. The van der Waals surface area contributed by atoms with Crippen LogP contribution >= 0.6 is 11.8 Å². The van der Waals surface area contributed by atoms with E-state index in [9.17, 15) is 4.79 Å². The maximum absolute atomic E-state index is 11.7. The lowest BCUT2D eigenvalue weighted by Crippen LogP contribution is -2.30. The molecule has 0 fully saturated rings. The maximum atomic E-state index is 11.7. The van der Waals surface area contributed by atoms with E-state index in [0.717, 1.165) is 16.4 Å². The van der Waals surface area contributed by atoms with E-state index in [0.29, 0.717) is 13.0 Å². The van der Waals surface area contributed by atoms with E-state index in [1.165, 1.54) is 11.8 Å². The van der Waals surface area contributed by atoms with Gasteiger partial charge >= 0.3 is 6.03 Å². The Hall–Kier alpha value is -2.08. The molecule has 0 aliphatic carbocycles. The summed E-state index contributed by atoms with van der Waals surface area (Å²) in [5.74, 6) is 0. The molecule has 0 spiro atoms. The molecule has 2 aromatic heterocycles. The van der Waals surface area contributed by atoms with Crippen LogP contribution in [0.5, 0.6) is 0 Å². The lowest BCUT2D eigenvalue weighted by atomic mass is 10.3. The molecule has 2 N–H and O–H groups in total. The first-order valence-electron chi connectivity index (χ1n) is 6.23. The molecule has 0 aromatic carbocycles. The van der Waals surface area contributed by atoms with Gasteiger partial charge in [-0.15, -0.1) is 11.8 Å². The summed E-state index contributed by atoms with van der Waals surface area (Å²) < 4.78 is 0. The van der Waals surface area contributed by atoms with Crippen LogP contribution in [0.3, 0.4) is 0 Å². The first-order chi connectivity index (χ1) is 9.78. The van der Waals surface area contributed by atoms with Crippen LogP contribution in [0.2, 0.25) is 0 Å². The summed E-state index contributed by atoms with van der Waals surface area (Å²) in [5.41, 5.74) is 1.70. The molecular weight excluding hydrogens is 272 g/mol. The molecular formula is C14H16N4OS. The van der Waals surface area contributed by atoms with E-state index >= 15 is 0 Å². The van der Waals surface area contributed by atoms with Gasteiger partial charge in [-0.25, -0.2) is 9.78 Å². The van der Waals surface area contributed by atoms with Crippen LogP contribution in [0.25, 0.3) is 0 Å². The molecule has 0 unspecified atom stereocenters. The summed E-state index contributed by atoms with van der Waals surface area (Å²) >= 11 is 1.53. The van der Waals surface area contributed by atoms with Gasteiger partial charge in [0.15, 0.2) is 0 Å². The van der Waals surface area contributed by atoms with Crippen molar-refractivity contribution in [3.05, 3.63) is 48.4 Å². The average molecular weight is 288 g/mol. The topological polar surface area (TPSA) is 66.9 Å². The molecule has 0 saturated carbocycles. The van der Waals surface area contributed by atoms with Crippen LogP contribution in [-0.2, 0) is 6.42 Å². The van der Waals surface area contributed by atoms with Crippen LogP contribution < -0.4 is 10.6 Å². The maximum Gasteiger partial charge on any atom is 0.319 e. The predicted molar refractivity (Wildman–Crippen MR) is 81.0 cm³/mol. The van der Waals surface area contributed by atoms with Crippen LogP contribution in [-0.4, -0.2) is 28.8 Å². The number of anilines is 1. The summed E-state index contributed by atoms with van der Waals surface area (Å²) in [6.45, 7) is 0.545. The number of nitrogens with one attached hydrogen (secondary N) is 2. The van der Waals surface area contributed by atoms with Gasteiger partial charge in [0, 0.05) is 36.7 Å². The Morgan fingerprint density at radius 1 is 1.25 bits per heavy atom. The van der Waals surface area contributed by atoms with Crippen molar-refractivity contribution in [3.8, 4) is 0 Å². The number of pyridine rings is 2. The van der Waals surface area contributed by atoms with Crippen LogP contribution in [0.15, 0.2) is 47.8 Å². The first-order valence-corrected chi connectivity index (χ1v) is 7.45. The number of hydrogen-bond acceptors (Lipinski definition) is 4. The highest BCUT2D eigenvalue weighted by atomic mass is 32.2. The Morgan fingerprint density at radius 2 is 2.15 bits per heavy atom. The minimum Gasteiger partial charge on any atom is -0.337 e. The van der Waals surface area contributed by atoms with E-state index in [2.05, 4.69) is 20.6 Å². The van der Waals surface area contributed by atoms with Gasteiger partial charge in [0.2, 0.25) is 0 Å². The number of carbonyl (C=O) groups is 1. The molecule has 2 heterocycles. The van der Waals surface area contributed by atoms with E-state index in [4.69, 9.17) is 0 Å². The molecule has 5 nitrogen and oxygen atoms in total. The Kier molecular flexibility index (Phi) is 5.37. The molecule has 6 heteroatoms. The highest BCUT2D eigenvalue weighted by Crippen LogP contribution is 2.15. The molecule has 104 valence electrons. The lowest BCUT2D eigenvalue weighted by molar-refractivity contribution is 0.252. The number of carbonyl (C=O) groups excluding carboxylic acids is 1. The van der Waals surface area contributed by atoms with Gasteiger partial charge in [-0.05, 0) is 30.5 Å². The van der Waals surface area contributed by atoms with Crippen molar-refractivity contribution in [1.82, 2.24) is 15.3 Å². The van der Waals surface area contributed by atoms with Crippen molar-refractivity contribution in [2.75, 3.05) is 18.1 Å². The van der Waals surface area contributed by atoms with Crippen LogP contribution in [0, 0.1) is 0 Å². The second kappa shape index (κ2) is 7.49. The second-order valence-corrected chi connectivity index (χ2v) is 4.87. The standard InChI is InChI=1S/C14H16N4OS/c1-20-13-10-12(6-8-16-13)18-14(19)17-9-5-11-4-2-3-7-15-11/h2-4,6-8,10H,5,9H2,1H3,(H2,16,17,18,19). The van der Waals surface area contributed by atoms with Crippen molar-refractivity contribution < 1.29 is 4.79 Å². The Balaban J connectivity index is 1.77. The molecule has 0 bridgehead atoms. The zero-order valence-electron chi connectivity index (χ0n) is 11.2. The SMILES string of the molecule is CSc1cc(NC(=O)NCCc2ccccn2)ccn1. The Labute approximate surface area is 122 Å². The highest BCUT2D eigenvalue weighted by molar-refractivity contribution is 7.98. The summed E-state index contributed by atoms with van der Waals surface area (Å²) in [5, 5.41) is 6.45. The van der Waals surface area contributed by atoms with Crippen molar-refractivity contribution in [1.29, 1.82) is 0 Å². The fourth-order valence-corrected chi connectivity index (χ4v) is 2.04. The van der Waals surface area contributed by atoms with Crippen molar-refractivity contribution >= 4 is 23.5 Å². The van der Waals surface area contributed by atoms with Gasteiger partial charge in [-0.3, -0.25) is 4.98 Å². The van der Waals surface area contributed by atoms with Crippen molar-refractivity contribution in [2.24, 2.45) is 0 Å². The predicted octanol–water partition coefficient (Wildman–Crippen LogP) is 2.56.